The average molecular weight is 262 g/mol. The highest BCUT2D eigenvalue weighted by Gasteiger charge is 2.08. The van der Waals surface area contributed by atoms with E-state index in [1.54, 1.807) is 18.2 Å². The van der Waals surface area contributed by atoms with Gasteiger partial charge in [-0.25, -0.2) is 0 Å². The summed E-state index contributed by atoms with van der Waals surface area (Å²) in [5.41, 5.74) is 6.15. The summed E-state index contributed by atoms with van der Waals surface area (Å²) < 4.78 is 17.1. The number of halogens is 1. The van der Waals surface area contributed by atoms with Gasteiger partial charge >= 0.3 is 0 Å². The lowest BCUT2D eigenvalue weighted by Gasteiger charge is -2.05. The molecule has 0 aliphatic carbocycles. The highest BCUT2D eigenvalue weighted by molar-refractivity contribution is 7.85. The van der Waals surface area contributed by atoms with Crippen LogP contribution in [-0.4, -0.2) is 23.2 Å². The molecule has 0 aliphatic heterocycles. The van der Waals surface area contributed by atoms with Gasteiger partial charge in [0.15, 0.2) is 0 Å². The lowest BCUT2D eigenvalue weighted by molar-refractivity contribution is 0.149. The van der Waals surface area contributed by atoms with Crippen LogP contribution in [0, 0.1) is 0 Å². The first kappa shape index (κ1) is 13.5. The Morgan fingerprint density at radius 2 is 2.25 bits per heavy atom. The van der Waals surface area contributed by atoms with Crippen molar-refractivity contribution in [2.24, 2.45) is 0 Å². The third-order valence-corrected chi connectivity index (χ3v) is 3.95. The molecular weight excluding hydrogens is 246 g/mol. The Kier molecular flexibility index (Phi) is 5.80. The third-order valence-electron chi connectivity index (χ3n) is 2.02. The molecule has 1 atom stereocenters. The predicted octanol–water partition coefficient (Wildman–Crippen LogP) is 2.46. The van der Waals surface area contributed by atoms with Gasteiger partial charge < -0.3 is 10.5 Å². The van der Waals surface area contributed by atoms with Crippen molar-refractivity contribution in [3.63, 3.8) is 0 Å². The first-order chi connectivity index (χ1) is 7.65. The number of rotatable bonds is 6. The lowest BCUT2D eigenvalue weighted by atomic mass is 10.3. The van der Waals surface area contributed by atoms with Crippen LogP contribution in [0.5, 0.6) is 0 Å². The summed E-state index contributed by atoms with van der Waals surface area (Å²) in [7, 11) is -1.07. The molecule has 0 amide bonds. The molecule has 0 fully saturated rings. The summed E-state index contributed by atoms with van der Waals surface area (Å²) in [5.74, 6) is 0.559. The van der Waals surface area contributed by atoms with Crippen LogP contribution in [0.1, 0.15) is 13.3 Å². The molecular formula is C11H16ClNO2S. The molecule has 1 rings (SSSR count). The SMILES string of the molecule is CCOCCCS(=O)c1ccc(N)cc1Cl. The van der Waals surface area contributed by atoms with Crippen LogP contribution in [0.4, 0.5) is 5.69 Å². The molecule has 0 heterocycles. The Morgan fingerprint density at radius 3 is 2.88 bits per heavy atom. The molecule has 0 aromatic heterocycles. The van der Waals surface area contributed by atoms with E-state index in [1.165, 1.54) is 0 Å². The van der Waals surface area contributed by atoms with Gasteiger partial charge in [0.05, 0.1) is 20.7 Å². The van der Waals surface area contributed by atoms with E-state index in [0.717, 1.165) is 6.42 Å². The van der Waals surface area contributed by atoms with Crippen molar-refractivity contribution in [3.05, 3.63) is 23.2 Å². The average Bonchev–Trinajstić information content (AvgIpc) is 2.24. The molecule has 0 saturated heterocycles. The van der Waals surface area contributed by atoms with Crippen molar-refractivity contribution < 1.29 is 8.95 Å². The van der Waals surface area contributed by atoms with Crippen molar-refractivity contribution in [2.75, 3.05) is 24.7 Å². The third kappa shape index (κ3) is 4.12. The van der Waals surface area contributed by atoms with Gasteiger partial charge in [-0.1, -0.05) is 11.6 Å². The zero-order chi connectivity index (χ0) is 12.0. The topological polar surface area (TPSA) is 52.3 Å². The van der Waals surface area contributed by atoms with Crippen LogP contribution >= 0.6 is 11.6 Å². The molecule has 1 unspecified atom stereocenters. The molecule has 16 heavy (non-hydrogen) atoms. The van der Waals surface area contributed by atoms with E-state index in [0.29, 0.717) is 34.6 Å². The van der Waals surface area contributed by atoms with E-state index in [2.05, 4.69) is 0 Å². The molecule has 0 aliphatic rings. The Hall–Kier alpha value is -0.580. The molecule has 5 heteroatoms. The quantitative estimate of drug-likeness (QED) is 0.632. The van der Waals surface area contributed by atoms with Crippen molar-refractivity contribution in [1.29, 1.82) is 0 Å². The van der Waals surface area contributed by atoms with Crippen molar-refractivity contribution in [1.82, 2.24) is 0 Å². The molecule has 0 saturated carbocycles. The Labute approximate surface area is 103 Å². The van der Waals surface area contributed by atoms with Crippen molar-refractivity contribution in [3.8, 4) is 0 Å². The normalized spacial score (nSPS) is 12.6. The van der Waals surface area contributed by atoms with Crippen LogP contribution in [0.25, 0.3) is 0 Å². The number of hydrogen-bond donors (Lipinski definition) is 1. The summed E-state index contributed by atoms with van der Waals surface area (Å²) in [6, 6.07) is 5.05. The van der Waals surface area contributed by atoms with Crippen molar-refractivity contribution >= 4 is 28.1 Å². The van der Waals surface area contributed by atoms with Gasteiger partial charge in [-0.15, -0.1) is 0 Å². The van der Waals surface area contributed by atoms with Gasteiger partial charge in [0.2, 0.25) is 0 Å². The number of nitrogens with two attached hydrogens (primary N) is 1. The van der Waals surface area contributed by atoms with Crippen LogP contribution in [-0.2, 0) is 15.5 Å². The van der Waals surface area contributed by atoms with E-state index in [4.69, 9.17) is 22.1 Å². The number of anilines is 1. The molecule has 3 nitrogen and oxygen atoms in total. The fraction of sp³-hybridized carbons (Fsp3) is 0.455. The molecule has 0 bridgehead atoms. The molecule has 1 aromatic rings. The fourth-order valence-corrected chi connectivity index (χ4v) is 2.79. The first-order valence-corrected chi connectivity index (χ1v) is 6.86. The zero-order valence-electron chi connectivity index (χ0n) is 9.24. The highest BCUT2D eigenvalue weighted by atomic mass is 35.5. The van der Waals surface area contributed by atoms with E-state index in [9.17, 15) is 4.21 Å². The van der Waals surface area contributed by atoms with Crippen LogP contribution in [0.3, 0.4) is 0 Å². The van der Waals surface area contributed by atoms with Crippen molar-refractivity contribution in [2.45, 2.75) is 18.2 Å². The minimum absolute atomic E-state index is 0.467. The van der Waals surface area contributed by atoms with Gasteiger partial charge in [-0.05, 0) is 31.5 Å². The molecule has 0 spiro atoms. The zero-order valence-corrected chi connectivity index (χ0v) is 10.8. The number of ether oxygens (including phenoxy) is 1. The second-order valence-electron chi connectivity index (χ2n) is 3.29. The summed E-state index contributed by atoms with van der Waals surface area (Å²) in [5, 5.41) is 0.467. The van der Waals surface area contributed by atoms with Crippen LogP contribution in [0.2, 0.25) is 5.02 Å². The summed E-state index contributed by atoms with van der Waals surface area (Å²) in [6.07, 6.45) is 0.765. The minimum atomic E-state index is -1.07. The summed E-state index contributed by atoms with van der Waals surface area (Å²) >= 11 is 5.96. The maximum Gasteiger partial charge on any atom is 0.0587 e. The lowest BCUT2D eigenvalue weighted by Crippen LogP contribution is -2.03. The number of nitrogen functional groups attached to an aromatic ring is 1. The maximum absolute atomic E-state index is 11.9. The van der Waals surface area contributed by atoms with E-state index in [1.807, 2.05) is 6.92 Å². The second-order valence-corrected chi connectivity index (χ2v) is 5.24. The highest BCUT2D eigenvalue weighted by Crippen LogP contribution is 2.22. The fourth-order valence-electron chi connectivity index (χ4n) is 1.25. The summed E-state index contributed by atoms with van der Waals surface area (Å²) in [4.78, 5) is 0.646. The van der Waals surface area contributed by atoms with Gasteiger partial charge in [0, 0.05) is 24.7 Å². The second kappa shape index (κ2) is 6.89. The van der Waals surface area contributed by atoms with E-state index in [-0.39, 0.29) is 0 Å². The molecule has 0 radical (unpaired) electrons. The van der Waals surface area contributed by atoms with Crippen LogP contribution < -0.4 is 5.73 Å². The largest absolute Gasteiger partial charge is 0.399 e. The van der Waals surface area contributed by atoms with Gasteiger partial charge in [-0.2, -0.15) is 0 Å². The van der Waals surface area contributed by atoms with Gasteiger partial charge in [0.1, 0.15) is 0 Å². The summed E-state index contributed by atoms with van der Waals surface area (Å²) in [6.45, 7) is 3.26. The van der Waals surface area contributed by atoms with Gasteiger partial charge in [0.25, 0.3) is 0 Å². The van der Waals surface area contributed by atoms with Crippen LogP contribution in [0.15, 0.2) is 23.1 Å². The van der Waals surface area contributed by atoms with E-state index < -0.39 is 10.8 Å². The van der Waals surface area contributed by atoms with E-state index >= 15 is 0 Å². The number of hydrogen-bond acceptors (Lipinski definition) is 3. The molecule has 1 aromatic carbocycles. The first-order valence-electron chi connectivity index (χ1n) is 5.16. The van der Waals surface area contributed by atoms with Gasteiger partial charge in [-0.3, -0.25) is 4.21 Å². The standard InChI is InChI=1S/C11H16ClNO2S/c1-2-15-6-3-7-16(14)11-5-4-9(13)8-10(11)12/h4-5,8H,2-3,6-7,13H2,1H3. The molecule has 90 valence electrons. The number of benzene rings is 1. The maximum atomic E-state index is 11.9. The monoisotopic (exact) mass is 261 g/mol. The Balaban J connectivity index is 2.53. The Bertz CT molecular complexity index is 371. The predicted molar refractivity (Wildman–Crippen MR) is 68.2 cm³/mol. The smallest absolute Gasteiger partial charge is 0.0587 e. The Morgan fingerprint density at radius 1 is 1.50 bits per heavy atom. The minimum Gasteiger partial charge on any atom is -0.399 e. The molecule has 2 N–H and O–H groups in total.